The van der Waals surface area contributed by atoms with Crippen molar-refractivity contribution >= 4 is 6.21 Å². The molecule has 0 radical (unpaired) electrons. The molecule has 0 saturated heterocycles. The van der Waals surface area contributed by atoms with Gasteiger partial charge in [-0.3, -0.25) is 0 Å². The Hall–Kier alpha value is -1.92. The molecule has 0 N–H and O–H groups in total. The number of allylic oxidation sites excluding steroid dienone is 2. The largest absolute Gasteiger partial charge is 0.391 e. The minimum absolute atomic E-state index is 0.706. The number of rotatable bonds is 4. The Morgan fingerprint density at radius 2 is 1.47 bits per heavy atom. The Labute approximate surface area is 106 Å². The summed E-state index contributed by atoms with van der Waals surface area (Å²) in [6, 6.07) is 0. The zero-order chi connectivity index (χ0) is 14.6. The number of oxime groups is 1. The Kier molecular flexibility index (Phi) is 5.02. The van der Waals surface area contributed by atoms with E-state index in [1.807, 2.05) is 0 Å². The van der Waals surface area contributed by atoms with E-state index in [2.05, 4.69) is 9.99 Å². The second-order valence-electron chi connectivity index (χ2n) is 3.59. The minimum atomic E-state index is -2.20. The summed E-state index contributed by atoms with van der Waals surface area (Å²) in [6.07, 6.45) is 2.93. The predicted molar refractivity (Wildman–Crippen MR) is 58.9 cm³/mol. The molecule has 0 heterocycles. The molecular formula is C12H10F5NO. The van der Waals surface area contributed by atoms with Crippen LogP contribution in [-0.2, 0) is 11.4 Å². The highest BCUT2D eigenvalue weighted by Gasteiger charge is 2.25. The maximum absolute atomic E-state index is 13.2. The highest BCUT2D eigenvalue weighted by molar-refractivity contribution is 5.76. The Morgan fingerprint density at radius 3 is 1.95 bits per heavy atom. The van der Waals surface area contributed by atoms with Gasteiger partial charge in [-0.1, -0.05) is 11.2 Å². The van der Waals surface area contributed by atoms with E-state index in [4.69, 9.17) is 0 Å². The average molecular weight is 279 g/mol. The van der Waals surface area contributed by atoms with Crippen molar-refractivity contribution in [1.82, 2.24) is 0 Å². The molecule has 1 aromatic rings. The predicted octanol–water partition coefficient (Wildman–Crippen LogP) is 3.85. The summed E-state index contributed by atoms with van der Waals surface area (Å²) in [5, 5.41) is 3.34. The summed E-state index contributed by atoms with van der Waals surface area (Å²) in [5.41, 5.74) is -0.357. The second kappa shape index (κ2) is 6.31. The van der Waals surface area contributed by atoms with E-state index >= 15 is 0 Å². The Balaban J connectivity index is 2.94. The fourth-order valence-electron chi connectivity index (χ4n) is 1.07. The van der Waals surface area contributed by atoms with Crippen molar-refractivity contribution in [3.05, 3.63) is 46.3 Å². The number of nitrogens with zero attached hydrogens (tertiary/aromatic N) is 1. The number of benzene rings is 1. The van der Waals surface area contributed by atoms with Gasteiger partial charge in [-0.25, -0.2) is 22.0 Å². The van der Waals surface area contributed by atoms with Gasteiger partial charge in [-0.15, -0.1) is 0 Å². The van der Waals surface area contributed by atoms with Gasteiger partial charge < -0.3 is 4.84 Å². The zero-order valence-corrected chi connectivity index (χ0v) is 10.1. The number of halogens is 5. The number of hydrogen-bond acceptors (Lipinski definition) is 2. The Bertz CT molecular complexity index is 510. The maximum atomic E-state index is 13.2. The van der Waals surface area contributed by atoms with Crippen LogP contribution in [-0.4, -0.2) is 6.21 Å². The third-order valence-corrected chi connectivity index (χ3v) is 2.30. The molecule has 1 aromatic carbocycles. The van der Waals surface area contributed by atoms with Gasteiger partial charge in [-0.05, 0) is 19.4 Å². The van der Waals surface area contributed by atoms with E-state index in [9.17, 15) is 22.0 Å². The third kappa shape index (κ3) is 3.30. The molecule has 0 aliphatic rings. The Morgan fingerprint density at radius 1 is 1.00 bits per heavy atom. The van der Waals surface area contributed by atoms with Crippen molar-refractivity contribution < 1.29 is 26.8 Å². The van der Waals surface area contributed by atoms with E-state index in [1.165, 1.54) is 6.21 Å². The van der Waals surface area contributed by atoms with Gasteiger partial charge >= 0.3 is 0 Å². The van der Waals surface area contributed by atoms with Crippen LogP contribution in [0.4, 0.5) is 22.0 Å². The third-order valence-electron chi connectivity index (χ3n) is 2.30. The van der Waals surface area contributed by atoms with Crippen molar-refractivity contribution in [3.63, 3.8) is 0 Å². The molecule has 1 rings (SSSR count). The topological polar surface area (TPSA) is 21.6 Å². The van der Waals surface area contributed by atoms with Crippen LogP contribution >= 0.6 is 0 Å². The van der Waals surface area contributed by atoms with Gasteiger partial charge in [0.05, 0.1) is 11.8 Å². The van der Waals surface area contributed by atoms with Gasteiger partial charge in [0.25, 0.3) is 0 Å². The van der Waals surface area contributed by atoms with E-state index < -0.39 is 41.3 Å². The first-order valence-electron chi connectivity index (χ1n) is 5.18. The summed E-state index contributed by atoms with van der Waals surface area (Å²) >= 11 is 0. The molecule has 0 bridgehead atoms. The first-order valence-corrected chi connectivity index (χ1v) is 5.18. The molecule has 19 heavy (non-hydrogen) atoms. The molecule has 0 unspecified atom stereocenters. The number of hydrogen-bond donors (Lipinski definition) is 0. The lowest BCUT2D eigenvalue weighted by molar-refractivity contribution is 0.124. The van der Waals surface area contributed by atoms with E-state index in [0.29, 0.717) is 5.57 Å². The minimum Gasteiger partial charge on any atom is -0.391 e. The lowest BCUT2D eigenvalue weighted by Crippen LogP contribution is -2.07. The quantitative estimate of drug-likeness (QED) is 0.270. The first-order chi connectivity index (χ1) is 8.90. The average Bonchev–Trinajstić information content (AvgIpc) is 2.41. The molecule has 0 aromatic heterocycles. The highest BCUT2D eigenvalue weighted by atomic mass is 19.2. The van der Waals surface area contributed by atoms with Crippen LogP contribution in [0.25, 0.3) is 0 Å². The normalized spacial score (nSPS) is 12.3. The molecule has 104 valence electrons. The molecule has 7 heteroatoms. The highest BCUT2D eigenvalue weighted by Crippen LogP contribution is 2.23. The van der Waals surface area contributed by atoms with Crippen LogP contribution in [0.3, 0.4) is 0 Å². The van der Waals surface area contributed by atoms with Crippen molar-refractivity contribution in [2.45, 2.75) is 20.5 Å². The lowest BCUT2D eigenvalue weighted by Gasteiger charge is -2.06. The van der Waals surface area contributed by atoms with Crippen molar-refractivity contribution in [2.75, 3.05) is 0 Å². The summed E-state index contributed by atoms with van der Waals surface area (Å²) in [5.74, 6) is -10.1. The second-order valence-corrected chi connectivity index (χ2v) is 3.59. The molecule has 0 spiro atoms. The summed E-state index contributed by atoms with van der Waals surface area (Å²) < 4.78 is 64.8. The molecule has 0 aliphatic carbocycles. The van der Waals surface area contributed by atoms with Crippen LogP contribution < -0.4 is 0 Å². The summed E-state index contributed by atoms with van der Waals surface area (Å²) in [4.78, 5) is 4.50. The molecule has 0 aliphatic heterocycles. The smallest absolute Gasteiger partial charge is 0.200 e. The monoisotopic (exact) mass is 279 g/mol. The first kappa shape index (κ1) is 15.1. The summed E-state index contributed by atoms with van der Waals surface area (Å²) in [7, 11) is 0. The van der Waals surface area contributed by atoms with E-state index in [0.717, 1.165) is 0 Å². The molecule has 0 saturated carbocycles. The van der Waals surface area contributed by atoms with Crippen molar-refractivity contribution in [2.24, 2.45) is 5.16 Å². The zero-order valence-electron chi connectivity index (χ0n) is 10.1. The van der Waals surface area contributed by atoms with Crippen LogP contribution in [0.15, 0.2) is 16.8 Å². The SMILES string of the molecule is C/C=C(C)/C=N/OCc1c(F)c(F)c(F)c(F)c1F. The van der Waals surface area contributed by atoms with Gasteiger partial charge in [0.1, 0.15) is 6.61 Å². The fourth-order valence-corrected chi connectivity index (χ4v) is 1.07. The molecular weight excluding hydrogens is 269 g/mol. The lowest BCUT2D eigenvalue weighted by atomic mass is 10.2. The van der Waals surface area contributed by atoms with Crippen molar-refractivity contribution in [1.29, 1.82) is 0 Å². The van der Waals surface area contributed by atoms with Crippen LogP contribution in [0.1, 0.15) is 19.4 Å². The van der Waals surface area contributed by atoms with Gasteiger partial charge in [-0.2, -0.15) is 0 Å². The van der Waals surface area contributed by atoms with Gasteiger partial charge in [0.2, 0.25) is 5.82 Å². The molecule has 0 amide bonds. The van der Waals surface area contributed by atoms with E-state index in [-0.39, 0.29) is 0 Å². The van der Waals surface area contributed by atoms with Crippen LogP contribution in [0, 0.1) is 29.1 Å². The standard InChI is InChI=1S/C12H10F5NO/c1-3-6(2)4-18-19-5-7-8(13)10(15)12(17)11(16)9(7)14/h3-4H,5H2,1-2H3/b6-3+,18-4+. The molecule has 2 nitrogen and oxygen atoms in total. The maximum Gasteiger partial charge on any atom is 0.200 e. The van der Waals surface area contributed by atoms with Gasteiger partial charge in [0, 0.05) is 0 Å². The molecule has 0 fully saturated rings. The van der Waals surface area contributed by atoms with Crippen LogP contribution in [0.2, 0.25) is 0 Å². The van der Waals surface area contributed by atoms with Gasteiger partial charge in [0.15, 0.2) is 23.3 Å². The molecule has 0 atom stereocenters. The van der Waals surface area contributed by atoms with Crippen molar-refractivity contribution in [3.8, 4) is 0 Å². The van der Waals surface area contributed by atoms with Crippen LogP contribution in [0.5, 0.6) is 0 Å². The summed E-state index contributed by atoms with van der Waals surface area (Å²) in [6.45, 7) is 2.55. The fraction of sp³-hybridized carbons (Fsp3) is 0.250. The van der Waals surface area contributed by atoms with E-state index in [1.54, 1.807) is 19.9 Å².